The van der Waals surface area contributed by atoms with E-state index in [0.29, 0.717) is 12.2 Å². The first-order chi connectivity index (χ1) is 9.81. The molecule has 21 heavy (non-hydrogen) atoms. The fourth-order valence-corrected chi connectivity index (χ4v) is 2.00. The second-order valence-electron chi connectivity index (χ2n) is 6.21. The first kappa shape index (κ1) is 15.2. The van der Waals surface area contributed by atoms with Gasteiger partial charge in [0.1, 0.15) is 5.69 Å². The minimum atomic E-state index is -1.07. The molecule has 0 unspecified atom stereocenters. The number of hydrogen-bond donors (Lipinski definition) is 1. The molecule has 114 valence electrons. The molecular weight excluding hydrogens is 270 g/mol. The topological polar surface area (TPSA) is 85.8 Å². The summed E-state index contributed by atoms with van der Waals surface area (Å²) in [6, 6.07) is 0. The third-order valence-corrected chi connectivity index (χ3v) is 3.24. The number of carboxylic acids is 1. The Hall–Kier alpha value is -2.18. The van der Waals surface area contributed by atoms with Crippen molar-refractivity contribution in [3.8, 4) is 11.3 Å². The first-order valence-corrected chi connectivity index (χ1v) is 7.01. The maximum atomic E-state index is 11.3. The summed E-state index contributed by atoms with van der Waals surface area (Å²) in [5.41, 5.74) is 1.36. The molecule has 0 aliphatic carbocycles. The Kier molecular flexibility index (Phi) is 4.11. The summed E-state index contributed by atoms with van der Waals surface area (Å²) in [5.74, 6) is -1.07. The number of carboxylic acid groups (broad SMARTS) is 1. The number of aromatic nitrogens is 5. The number of aromatic carboxylic acids is 1. The molecule has 0 aliphatic rings. The highest BCUT2D eigenvalue weighted by molar-refractivity contribution is 5.92. The summed E-state index contributed by atoms with van der Waals surface area (Å²) in [4.78, 5) is 11.3. The molecule has 0 saturated carbocycles. The molecule has 0 aliphatic heterocycles. The van der Waals surface area contributed by atoms with Crippen molar-refractivity contribution in [3.63, 3.8) is 0 Å². The molecule has 0 aromatic carbocycles. The van der Waals surface area contributed by atoms with Crippen LogP contribution in [0.1, 0.15) is 44.6 Å². The minimum absolute atomic E-state index is 0.0282. The van der Waals surface area contributed by atoms with Gasteiger partial charge in [-0.2, -0.15) is 5.10 Å². The third-order valence-electron chi connectivity index (χ3n) is 3.24. The molecule has 0 radical (unpaired) electrons. The van der Waals surface area contributed by atoms with Crippen LogP contribution < -0.4 is 0 Å². The molecule has 2 rings (SSSR count). The summed E-state index contributed by atoms with van der Waals surface area (Å²) in [5, 5.41) is 21.3. The van der Waals surface area contributed by atoms with E-state index in [9.17, 15) is 9.90 Å². The molecule has 0 atom stereocenters. The predicted octanol–water partition coefficient (Wildman–Crippen LogP) is 2.30. The first-order valence-electron chi connectivity index (χ1n) is 7.01. The molecular formula is C14H21N5O2. The van der Waals surface area contributed by atoms with Crippen LogP contribution in [0.25, 0.3) is 11.3 Å². The van der Waals surface area contributed by atoms with Crippen molar-refractivity contribution in [2.45, 2.75) is 47.2 Å². The number of rotatable bonds is 5. The molecule has 7 heteroatoms. The maximum absolute atomic E-state index is 11.3. The molecule has 7 nitrogen and oxygen atoms in total. The summed E-state index contributed by atoms with van der Waals surface area (Å²) in [6.07, 6.45) is 4.35. The maximum Gasteiger partial charge on any atom is 0.358 e. The van der Waals surface area contributed by atoms with Gasteiger partial charge >= 0.3 is 5.97 Å². The van der Waals surface area contributed by atoms with E-state index in [1.54, 1.807) is 15.6 Å². The van der Waals surface area contributed by atoms with Gasteiger partial charge in [-0.1, -0.05) is 26.0 Å². The summed E-state index contributed by atoms with van der Waals surface area (Å²) in [7, 11) is 0. The molecule has 0 spiro atoms. The summed E-state index contributed by atoms with van der Waals surface area (Å²) in [6.45, 7) is 9.73. The number of carbonyl (C=O) groups is 1. The zero-order valence-corrected chi connectivity index (χ0v) is 12.9. The highest BCUT2D eigenvalue weighted by atomic mass is 16.4. The van der Waals surface area contributed by atoms with Crippen molar-refractivity contribution < 1.29 is 9.90 Å². The van der Waals surface area contributed by atoms with Crippen LogP contribution in [0.3, 0.4) is 0 Å². The van der Waals surface area contributed by atoms with Crippen molar-refractivity contribution >= 4 is 5.97 Å². The SMILES string of the molecule is CCn1cc(-c2c(C(=O)O)nnn2CCC(C)(C)C)cn1. The van der Waals surface area contributed by atoms with E-state index in [1.165, 1.54) is 0 Å². The molecule has 0 fully saturated rings. The zero-order chi connectivity index (χ0) is 15.6. The Labute approximate surface area is 123 Å². The monoisotopic (exact) mass is 291 g/mol. The Balaban J connectivity index is 2.40. The van der Waals surface area contributed by atoms with Crippen molar-refractivity contribution in [2.75, 3.05) is 0 Å². The van der Waals surface area contributed by atoms with Gasteiger partial charge in [-0.05, 0) is 18.8 Å². The van der Waals surface area contributed by atoms with Crippen LogP contribution >= 0.6 is 0 Å². The lowest BCUT2D eigenvalue weighted by atomic mass is 9.92. The van der Waals surface area contributed by atoms with Gasteiger partial charge in [0, 0.05) is 24.8 Å². The van der Waals surface area contributed by atoms with Crippen LogP contribution in [-0.4, -0.2) is 35.9 Å². The van der Waals surface area contributed by atoms with Gasteiger partial charge in [0.05, 0.1) is 6.20 Å². The third kappa shape index (κ3) is 3.48. The number of aryl methyl sites for hydroxylation is 2. The van der Waals surface area contributed by atoms with Crippen molar-refractivity contribution in [1.29, 1.82) is 0 Å². The van der Waals surface area contributed by atoms with Gasteiger partial charge in [-0.25, -0.2) is 9.48 Å². The molecule has 0 saturated heterocycles. The smallest absolute Gasteiger partial charge is 0.358 e. The van der Waals surface area contributed by atoms with Crippen LogP contribution in [0.5, 0.6) is 0 Å². The molecule has 0 bridgehead atoms. The van der Waals surface area contributed by atoms with E-state index >= 15 is 0 Å². The van der Waals surface area contributed by atoms with Gasteiger partial charge in [0.25, 0.3) is 0 Å². The van der Waals surface area contributed by atoms with Gasteiger partial charge < -0.3 is 5.11 Å². The van der Waals surface area contributed by atoms with E-state index in [0.717, 1.165) is 18.5 Å². The van der Waals surface area contributed by atoms with Crippen LogP contribution in [-0.2, 0) is 13.1 Å². The largest absolute Gasteiger partial charge is 0.476 e. The molecule has 0 amide bonds. The normalized spacial score (nSPS) is 11.8. The lowest BCUT2D eigenvalue weighted by Gasteiger charge is -2.18. The molecule has 1 N–H and O–H groups in total. The lowest BCUT2D eigenvalue weighted by molar-refractivity contribution is 0.0691. The van der Waals surface area contributed by atoms with Crippen LogP contribution in [0.4, 0.5) is 0 Å². The minimum Gasteiger partial charge on any atom is -0.476 e. The van der Waals surface area contributed by atoms with E-state index in [1.807, 2.05) is 13.1 Å². The average Bonchev–Trinajstić information content (AvgIpc) is 3.01. The van der Waals surface area contributed by atoms with E-state index in [-0.39, 0.29) is 11.1 Å². The Bertz CT molecular complexity index is 636. The van der Waals surface area contributed by atoms with Crippen LogP contribution in [0.2, 0.25) is 0 Å². The van der Waals surface area contributed by atoms with Crippen molar-refractivity contribution in [1.82, 2.24) is 24.8 Å². The Morgan fingerprint density at radius 1 is 1.38 bits per heavy atom. The second kappa shape index (κ2) is 5.67. The van der Waals surface area contributed by atoms with Crippen LogP contribution in [0, 0.1) is 5.41 Å². The van der Waals surface area contributed by atoms with Gasteiger partial charge in [0.15, 0.2) is 5.69 Å². The van der Waals surface area contributed by atoms with E-state index in [2.05, 4.69) is 36.2 Å². The van der Waals surface area contributed by atoms with Gasteiger partial charge in [-0.15, -0.1) is 5.10 Å². The highest BCUT2D eigenvalue weighted by Crippen LogP contribution is 2.25. The zero-order valence-electron chi connectivity index (χ0n) is 12.9. The van der Waals surface area contributed by atoms with E-state index < -0.39 is 5.97 Å². The van der Waals surface area contributed by atoms with Gasteiger partial charge in [0.2, 0.25) is 0 Å². The fourth-order valence-electron chi connectivity index (χ4n) is 2.00. The second-order valence-corrected chi connectivity index (χ2v) is 6.21. The summed E-state index contributed by atoms with van der Waals surface area (Å²) >= 11 is 0. The Morgan fingerprint density at radius 2 is 2.10 bits per heavy atom. The van der Waals surface area contributed by atoms with Crippen LogP contribution in [0.15, 0.2) is 12.4 Å². The average molecular weight is 291 g/mol. The predicted molar refractivity (Wildman–Crippen MR) is 77.9 cm³/mol. The van der Waals surface area contributed by atoms with Crippen molar-refractivity contribution in [2.24, 2.45) is 5.41 Å². The number of nitrogens with zero attached hydrogens (tertiary/aromatic N) is 5. The Morgan fingerprint density at radius 3 is 2.62 bits per heavy atom. The van der Waals surface area contributed by atoms with Crippen molar-refractivity contribution in [3.05, 3.63) is 18.1 Å². The molecule has 2 aromatic heterocycles. The highest BCUT2D eigenvalue weighted by Gasteiger charge is 2.22. The quantitative estimate of drug-likeness (QED) is 0.913. The van der Waals surface area contributed by atoms with E-state index in [4.69, 9.17) is 0 Å². The fraction of sp³-hybridized carbons (Fsp3) is 0.571. The van der Waals surface area contributed by atoms with Gasteiger partial charge in [-0.3, -0.25) is 4.68 Å². The molecule has 2 heterocycles. The number of hydrogen-bond acceptors (Lipinski definition) is 4. The molecule has 2 aromatic rings. The lowest BCUT2D eigenvalue weighted by Crippen LogP contribution is -2.12. The standard InChI is InChI=1S/C14H21N5O2/c1-5-18-9-10(8-15-18)12-11(13(20)21)16-17-19(12)7-6-14(2,3)4/h8-9H,5-7H2,1-4H3,(H,20,21). The summed E-state index contributed by atoms with van der Waals surface area (Å²) < 4.78 is 3.41.